The van der Waals surface area contributed by atoms with E-state index in [2.05, 4.69) is 17.2 Å². The Morgan fingerprint density at radius 1 is 1.41 bits per heavy atom. The highest BCUT2D eigenvalue weighted by Gasteiger charge is 2.24. The molecule has 0 amide bonds. The molecule has 1 aliphatic carbocycles. The summed E-state index contributed by atoms with van der Waals surface area (Å²) in [7, 11) is 0. The summed E-state index contributed by atoms with van der Waals surface area (Å²) in [5, 5.41) is 3.51. The average molecular weight is 234 g/mol. The van der Waals surface area contributed by atoms with Crippen LogP contribution in [0.1, 0.15) is 39.5 Å². The minimum absolute atomic E-state index is 0.548. The fraction of sp³-hybridized carbons (Fsp3) is 0.643. The first-order valence-corrected chi connectivity index (χ1v) is 6.68. The van der Waals surface area contributed by atoms with E-state index in [1.165, 1.54) is 19.3 Å². The zero-order valence-electron chi connectivity index (χ0n) is 10.8. The third-order valence-corrected chi connectivity index (χ3v) is 3.18. The Balaban J connectivity index is 1.92. The van der Waals surface area contributed by atoms with Gasteiger partial charge in [0.15, 0.2) is 0 Å². The van der Waals surface area contributed by atoms with Crippen molar-refractivity contribution < 1.29 is 4.74 Å². The second-order valence-electron chi connectivity index (χ2n) is 4.72. The summed E-state index contributed by atoms with van der Waals surface area (Å²) in [6.45, 7) is 4.87. The van der Waals surface area contributed by atoms with Crippen molar-refractivity contribution in [3.63, 3.8) is 0 Å². The van der Waals surface area contributed by atoms with Gasteiger partial charge in [0, 0.05) is 12.1 Å². The highest BCUT2D eigenvalue weighted by molar-refractivity contribution is 5.38. The Labute approximate surface area is 104 Å². The maximum Gasteiger partial charge on any atom is 0.215 e. The molecule has 3 nitrogen and oxygen atoms in total. The van der Waals surface area contributed by atoms with Crippen molar-refractivity contribution in [3.8, 4) is 5.88 Å². The number of nitrogens with one attached hydrogen (secondary N) is 1. The van der Waals surface area contributed by atoms with Crippen LogP contribution in [0.3, 0.4) is 0 Å². The third-order valence-electron chi connectivity index (χ3n) is 3.18. The molecule has 2 rings (SSSR count). The van der Waals surface area contributed by atoms with Gasteiger partial charge in [0.1, 0.15) is 5.82 Å². The number of hydrogen-bond donors (Lipinski definition) is 1. The van der Waals surface area contributed by atoms with E-state index in [1.54, 1.807) is 0 Å². The molecule has 17 heavy (non-hydrogen) atoms. The Kier molecular flexibility index (Phi) is 4.24. The molecule has 1 aromatic rings. The maximum atomic E-state index is 5.40. The SMILES string of the molecule is CCOc1cccc(NC(CC)CC2CC2)n1. The van der Waals surface area contributed by atoms with Crippen molar-refractivity contribution >= 4 is 5.82 Å². The number of pyridine rings is 1. The molecule has 1 unspecified atom stereocenters. The van der Waals surface area contributed by atoms with Crippen molar-refractivity contribution in [2.45, 2.75) is 45.6 Å². The maximum absolute atomic E-state index is 5.40. The lowest BCUT2D eigenvalue weighted by Crippen LogP contribution is -2.19. The van der Waals surface area contributed by atoms with Crippen molar-refractivity contribution in [2.75, 3.05) is 11.9 Å². The Morgan fingerprint density at radius 3 is 2.88 bits per heavy atom. The summed E-state index contributed by atoms with van der Waals surface area (Å²) in [6.07, 6.45) is 5.24. The predicted molar refractivity (Wildman–Crippen MR) is 70.4 cm³/mol. The molecule has 1 atom stereocenters. The smallest absolute Gasteiger partial charge is 0.215 e. The first-order chi connectivity index (χ1) is 8.31. The van der Waals surface area contributed by atoms with Gasteiger partial charge in [-0.1, -0.05) is 25.8 Å². The van der Waals surface area contributed by atoms with Crippen LogP contribution < -0.4 is 10.1 Å². The number of nitrogens with zero attached hydrogens (tertiary/aromatic N) is 1. The van der Waals surface area contributed by atoms with E-state index in [0.29, 0.717) is 18.5 Å². The van der Waals surface area contributed by atoms with Crippen LogP contribution in [0.2, 0.25) is 0 Å². The molecule has 1 heterocycles. The molecular formula is C14H22N2O. The van der Waals surface area contributed by atoms with Gasteiger partial charge in [-0.25, -0.2) is 0 Å². The summed E-state index contributed by atoms with van der Waals surface area (Å²) in [6, 6.07) is 6.45. The Morgan fingerprint density at radius 2 is 2.24 bits per heavy atom. The number of anilines is 1. The Hall–Kier alpha value is -1.25. The van der Waals surface area contributed by atoms with E-state index in [0.717, 1.165) is 18.2 Å². The highest BCUT2D eigenvalue weighted by Crippen LogP contribution is 2.34. The van der Waals surface area contributed by atoms with Gasteiger partial charge in [0.25, 0.3) is 0 Å². The molecule has 1 fully saturated rings. The molecule has 3 heteroatoms. The topological polar surface area (TPSA) is 34.1 Å². The highest BCUT2D eigenvalue weighted by atomic mass is 16.5. The van der Waals surface area contributed by atoms with Crippen molar-refractivity contribution in [1.82, 2.24) is 4.98 Å². The number of hydrogen-bond acceptors (Lipinski definition) is 3. The monoisotopic (exact) mass is 234 g/mol. The van der Waals surface area contributed by atoms with Crippen LogP contribution in [0.4, 0.5) is 5.82 Å². The third kappa shape index (κ3) is 3.91. The summed E-state index contributed by atoms with van der Waals surface area (Å²) in [4.78, 5) is 4.44. The molecule has 1 aromatic heterocycles. The first kappa shape index (κ1) is 12.2. The predicted octanol–water partition coefficient (Wildman–Crippen LogP) is 3.47. The van der Waals surface area contributed by atoms with Crippen LogP contribution in [0.25, 0.3) is 0 Å². The zero-order chi connectivity index (χ0) is 12.1. The lowest BCUT2D eigenvalue weighted by atomic mass is 10.1. The molecule has 1 N–H and O–H groups in total. The van der Waals surface area contributed by atoms with Crippen LogP contribution >= 0.6 is 0 Å². The van der Waals surface area contributed by atoms with Gasteiger partial charge < -0.3 is 10.1 Å². The van der Waals surface area contributed by atoms with E-state index < -0.39 is 0 Å². The minimum Gasteiger partial charge on any atom is -0.478 e. The number of aromatic nitrogens is 1. The molecule has 0 radical (unpaired) electrons. The fourth-order valence-electron chi connectivity index (χ4n) is 2.02. The summed E-state index contributed by atoms with van der Waals surface area (Å²) in [5.74, 6) is 2.59. The van der Waals surface area contributed by atoms with Crippen LogP contribution in [-0.4, -0.2) is 17.6 Å². The molecule has 0 bridgehead atoms. The lowest BCUT2D eigenvalue weighted by molar-refractivity contribution is 0.327. The van der Waals surface area contributed by atoms with Crippen LogP contribution in [0.5, 0.6) is 5.88 Å². The second-order valence-corrected chi connectivity index (χ2v) is 4.72. The van der Waals surface area contributed by atoms with Crippen LogP contribution in [-0.2, 0) is 0 Å². The van der Waals surface area contributed by atoms with E-state index in [-0.39, 0.29) is 0 Å². The molecule has 0 saturated heterocycles. The normalized spacial score (nSPS) is 16.6. The van der Waals surface area contributed by atoms with E-state index in [4.69, 9.17) is 4.74 Å². The molecule has 0 spiro atoms. The Bertz CT molecular complexity index is 350. The van der Waals surface area contributed by atoms with Gasteiger partial charge in [-0.3, -0.25) is 0 Å². The molecule has 0 aliphatic heterocycles. The summed E-state index contributed by atoms with van der Waals surface area (Å²) < 4.78 is 5.40. The molecule has 0 aromatic carbocycles. The van der Waals surface area contributed by atoms with E-state index in [1.807, 2.05) is 25.1 Å². The zero-order valence-corrected chi connectivity index (χ0v) is 10.8. The minimum atomic E-state index is 0.548. The van der Waals surface area contributed by atoms with Gasteiger partial charge in [0.05, 0.1) is 6.61 Å². The summed E-state index contributed by atoms with van der Waals surface area (Å²) >= 11 is 0. The van der Waals surface area contributed by atoms with Crippen molar-refractivity contribution in [1.29, 1.82) is 0 Å². The average Bonchev–Trinajstić information content (AvgIpc) is 3.13. The molecular weight excluding hydrogens is 212 g/mol. The molecule has 1 aliphatic rings. The largest absolute Gasteiger partial charge is 0.478 e. The first-order valence-electron chi connectivity index (χ1n) is 6.68. The summed E-state index contributed by atoms with van der Waals surface area (Å²) in [5.41, 5.74) is 0. The molecule has 1 saturated carbocycles. The van der Waals surface area contributed by atoms with Crippen molar-refractivity contribution in [3.05, 3.63) is 18.2 Å². The van der Waals surface area contributed by atoms with Gasteiger partial charge in [0.2, 0.25) is 5.88 Å². The number of ether oxygens (including phenoxy) is 1. The van der Waals surface area contributed by atoms with Gasteiger partial charge in [-0.05, 0) is 31.7 Å². The van der Waals surface area contributed by atoms with Crippen LogP contribution in [0.15, 0.2) is 18.2 Å². The standard InChI is InChI=1S/C14H22N2O/c1-3-12(10-11-8-9-11)15-13-6-5-7-14(16-13)17-4-2/h5-7,11-12H,3-4,8-10H2,1-2H3,(H,15,16). The van der Waals surface area contributed by atoms with Gasteiger partial charge in [-0.15, -0.1) is 0 Å². The number of rotatable bonds is 7. The fourth-order valence-corrected chi connectivity index (χ4v) is 2.02. The van der Waals surface area contributed by atoms with E-state index in [9.17, 15) is 0 Å². The second kappa shape index (κ2) is 5.89. The van der Waals surface area contributed by atoms with E-state index >= 15 is 0 Å². The van der Waals surface area contributed by atoms with Gasteiger partial charge in [-0.2, -0.15) is 4.98 Å². The molecule has 94 valence electrons. The quantitative estimate of drug-likeness (QED) is 0.784. The van der Waals surface area contributed by atoms with Gasteiger partial charge >= 0.3 is 0 Å². The van der Waals surface area contributed by atoms with Crippen LogP contribution in [0, 0.1) is 5.92 Å². The van der Waals surface area contributed by atoms with Crippen molar-refractivity contribution in [2.24, 2.45) is 5.92 Å². The lowest BCUT2D eigenvalue weighted by Gasteiger charge is -2.17.